The second-order valence-corrected chi connectivity index (χ2v) is 9.98. The van der Waals surface area contributed by atoms with Gasteiger partial charge < -0.3 is 4.74 Å². The van der Waals surface area contributed by atoms with E-state index in [1.54, 1.807) is 11.4 Å². The van der Waals surface area contributed by atoms with Gasteiger partial charge in [-0.3, -0.25) is 4.90 Å². The number of ether oxygens (including phenoxy) is 1. The minimum absolute atomic E-state index is 0.219. The first-order chi connectivity index (χ1) is 13.6. The van der Waals surface area contributed by atoms with E-state index in [2.05, 4.69) is 29.2 Å². The number of hydrogen-bond acceptors (Lipinski definition) is 4. The molecule has 0 unspecified atom stereocenters. The molecule has 4 rings (SSSR count). The Morgan fingerprint density at radius 3 is 2.50 bits per heavy atom. The van der Waals surface area contributed by atoms with E-state index >= 15 is 0 Å². The summed E-state index contributed by atoms with van der Waals surface area (Å²) in [5.41, 5.74) is 2.27. The van der Waals surface area contributed by atoms with Crippen molar-refractivity contribution in [3.63, 3.8) is 0 Å². The van der Waals surface area contributed by atoms with Crippen LogP contribution in [0.5, 0.6) is 5.75 Å². The Hall–Kier alpha value is -1.89. The van der Waals surface area contributed by atoms with Crippen molar-refractivity contribution in [2.75, 3.05) is 26.7 Å². The van der Waals surface area contributed by atoms with Gasteiger partial charge >= 0.3 is 0 Å². The maximum atomic E-state index is 13.2. The van der Waals surface area contributed by atoms with Gasteiger partial charge in [0, 0.05) is 19.6 Å². The first kappa shape index (κ1) is 19.4. The monoisotopic (exact) mass is 400 g/mol. The molecule has 2 fully saturated rings. The van der Waals surface area contributed by atoms with Crippen LogP contribution < -0.4 is 4.74 Å². The van der Waals surface area contributed by atoms with E-state index in [0.717, 1.165) is 37.4 Å². The topological polar surface area (TPSA) is 49.9 Å². The standard InChI is InChI=1S/C22H28N2O3S/c1-27-21-9-5-8-19(14-21)16-24-17-20-10-12-23(13-11-22(20)28(24,25)26)15-18-6-3-2-4-7-18/h2-9,14,20,22H,10-13,15-17H2,1H3/t20-,22-/m0/s1. The molecule has 2 saturated heterocycles. The average Bonchev–Trinajstić information content (AvgIpc) is 2.83. The van der Waals surface area contributed by atoms with Crippen molar-refractivity contribution in [3.05, 3.63) is 65.7 Å². The summed E-state index contributed by atoms with van der Waals surface area (Å²) in [7, 11) is -1.63. The molecule has 6 heteroatoms. The van der Waals surface area contributed by atoms with Gasteiger partial charge in [-0.1, -0.05) is 42.5 Å². The van der Waals surface area contributed by atoms with Crippen LogP contribution in [0.2, 0.25) is 0 Å². The first-order valence-corrected chi connectivity index (χ1v) is 11.4. The highest BCUT2D eigenvalue weighted by molar-refractivity contribution is 7.90. The van der Waals surface area contributed by atoms with Crippen molar-refractivity contribution in [1.82, 2.24) is 9.21 Å². The van der Waals surface area contributed by atoms with Crippen LogP contribution in [-0.2, 0) is 23.1 Å². The van der Waals surface area contributed by atoms with Crippen molar-refractivity contribution in [2.24, 2.45) is 5.92 Å². The Kier molecular flexibility index (Phi) is 5.71. The fourth-order valence-electron chi connectivity index (χ4n) is 4.48. The summed E-state index contributed by atoms with van der Waals surface area (Å²) in [5.74, 6) is 0.983. The Morgan fingerprint density at radius 2 is 1.71 bits per heavy atom. The van der Waals surface area contributed by atoms with Crippen molar-refractivity contribution in [3.8, 4) is 5.75 Å². The van der Waals surface area contributed by atoms with Gasteiger partial charge in [0.1, 0.15) is 5.75 Å². The Bertz CT molecular complexity index is 901. The normalized spacial score (nSPS) is 25.2. The zero-order chi connectivity index (χ0) is 19.6. The fourth-order valence-corrected chi connectivity index (χ4v) is 6.70. The summed E-state index contributed by atoms with van der Waals surface area (Å²) in [6.45, 7) is 3.75. The SMILES string of the molecule is COc1cccc(CN2C[C@@H]3CCN(Cc4ccccc4)CC[C@@H]3S2(=O)=O)c1. The molecule has 5 nitrogen and oxygen atoms in total. The van der Waals surface area contributed by atoms with Crippen LogP contribution in [0, 0.1) is 5.92 Å². The van der Waals surface area contributed by atoms with Crippen molar-refractivity contribution in [2.45, 2.75) is 31.2 Å². The zero-order valence-electron chi connectivity index (χ0n) is 16.3. The highest BCUT2D eigenvalue weighted by Crippen LogP contribution is 2.35. The number of likely N-dealkylation sites (tertiary alicyclic amines) is 1. The smallest absolute Gasteiger partial charge is 0.217 e. The third-order valence-corrected chi connectivity index (χ3v) is 8.38. The molecule has 2 atom stereocenters. The number of hydrogen-bond donors (Lipinski definition) is 0. The summed E-state index contributed by atoms with van der Waals surface area (Å²) >= 11 is 0. The summed E-state index contributed by atoms with van der Waals surface area (Å²) in [6.07, 6.45) is 1.65. The number of methoxy groups -OCH3 is 1. The van der Waals surface area contributed by atoms with Crippen LogP contribution in [0.15, 0.2) is 54.6 Å². The van der Waals surface area contributed by atoms with Gasteiger partial charge in [-0.15, -0.1) is 0 Å². The number of benzene rings is 2. The van der Waals surface area contributed by atoms with E-state index in [4.69, 9.17) is 4.74 Å². The Balaban J connectivity index is 1.42. The van der Waals surface area contributed by atoms with E-state index in [1.165, 1.54) is 5.56 Å². The molecule has 2 aromatic carbocycles. The molecule has 0 saturated carbocycles. The molecule has 0 amide bonds. The number of fused-ring (bicyclic) bond motifs is 1. The maximum absolute atomic E-state index is 13.2. The lowest BCUT2D eigenvalue weighted by Crippen LogP contribution is -2.31. The van der Waals surface area contributed by atoms with E-state index in [9.17, 15) is 8.42 Å². The number of rotatable bonds is 5. The minimum atomic E-state index is -3.26. The molecular weight excluding hydrogens is 372 g/mol. The zero-order valence-corrected chi connectivity index (χ0v) is 17.1. The van der Waals surface area contributed by atoms with Gasteiger partial charge in [-0.2, -0.15) is 4.31 Å². The molecule has 150 valence electrons. The predicted octanol–water partition coefficient (Wildman–Crippen LogP) is 3.12. The largest absolute Gasteiger partial charge is 0.497 e. The molecule has 2 heterocycles. The van der Waals surface area contributed by atoms with Gasteiger partial charge in [0.2, 0.25) is 10.0 Å². The van der Waals surface area contributed by atoms with Crippen LogP contribution >= 0.6 is 0 Å². The molecule has 2 aromatic rings. The van der Waals surface area contributed by atoms with Crippen molar-refractivity contribution in [1.29, 1.82) is 0 Å². The maximum Gasteiger partial charge on any atom is 0.217 e. The van der Waals surface area contributed by atoms with Gasteiger partial charge in [-0.05, 0) is 55.1 Å². The minimum Gasteiger partial charge on any atom is -0.497 e. The van der Waals surface area contributed by atoms with Crippen LogP contribution in [0.25, 0.3) is 0 Å². The van der Waals surface area contributed by atoms with Crippen LogP contribution in [-0.4, -0.2) is 49.6 Å². The van der Waals surface area contributed by atoms with Gasteiger partial charge in [0.05, 0.1) is 12.4 Å². The highest BCUT2D eigenvalue weighted by Gasteiger charge is 2.46. The number of nitrogens with zero attached hydrogens (tertiary/aromatic N) is 2. The summed E-state index contributed by atoms with van der Waals surface area (Å²) in [5, 5.41) is -0.251. The fraction of sp³-hybridized carbons (Fsp3) is 0.455. The average molecular weight is 401 g/mol. The van der Waals surface area contributed by atoms with Gasteiger partial charge in [0.15, 0.2) is 0 Å². The summed E-state index contributed by atoms with van der Waals surface area (Å²) in [6, 6.07) is 18.1. The molecule has 2 aliphatic heterocycles. The van der Waals surface area contributed by atoms with E-state index in [1.807, 2.05) is 30.3 Å². The lowest BCUT2D eigenvalue weighted by molar-refractivity contribution is 0.266. The third-order valence-electron chi connectivity index (χ3n) is 5.99. The third kappa shape index (κ3) is 4.09. The Morgan fingerprint density at radius 1 is 0.964 bits per heavy atom. The van der Waals surface area contributed by atoms with E-state index in [-0.39, 0.29) is 11.2 Å². The summed E-state index contributed by atoms with van der Waals surface area (Å²) in [4.78, 5) is 2.40. The molecule has 0 radical (unpaired) electrons. The summed E-state index contributed by atoms with van der Waals surface area (Å²) < 4.78 is 33.3. The van der Waals surface area contributed by atoms with Crippen LogP contribution in [0.4, 0.5) is 0 Å². The molecule has 0 N–H and O–H groups in total. The van der Waals surface area contributed by atoms with Crippen molar-refractivity contribution < 1.29 is 13.2 Å². The van der Waals surface area contributed by atoms with Gasteiger partial charge in [0.25, 0.3) is 0 Å². The van der Waals surface area contributed by atoms with Crippen LogP contribution in [0.1, 0.15) is 24.0 Å². The molecular formula is C22H28N2O3S. The first-order valence-electron chi connectivity index (χ1n) is 9.94. The molecule has 0 aliphatic carbocycles. The molecule has 0 bridgehead atoms. The van der Waals surface area contributed by atoms with Crippen LogP contribution in [0.3, 0.4) is 0 Å². The lowest BCUT2D eigenvalue weighted by Gasteiger charge is -2.22. The Labute approximate surface area is 168 Å². The predicted molar refractivity (Wildman–Crippen MR) is 111 cm³/mol. The van der Waals surface area contributed by atoms with Crippen molar-refractivity contribution >= 4 is 10.0 Å². The number of sulfonamides is 1. The quantitative estimate of drug-likeness (QED) is 0.774. The highest BCUT2D eigenvalue weighted by atomic mass is 32.2. The van der Waals surface area contributed by atoms with E-state index in [0.29, 0.717) is 19.5 Å². The molecule has 28 heavy (non-hydrogen) atoms. The lowest BCUT2D eigenvalue weighted by atomic mass is 10.0. The second-order valence-electron chi connectivity index (χ2n) is 7.83. The van der Waals surface area contributed by atoms with Gasteiger partial charge in [-0.25, -0.2) is 8.42 Å². The van der Waals surface area contributed by atoms with E-state index < -0.39 is 10.0 Å². The molecule has 0 aromatic heterocycles. The molecule has 0 spiro atoms. The molecule has 2 aliphatic rings. The second kappa shape index (κ2) is 8.23.